The van der Waals surface area contributed by atoms with Crippen LogP contribution in [0.15, 0.2) is 48.5 Å². The van der Waals surface area contributed by atoms with Gasteiger partial charge in [-0.05, 0) is 72.8 Å². The van der Waals surface area contributed by atoms with Crippen molar-refractivity contribution >= 4 is 58.6 Å². The molecule has 8 bridgehead atoms. The summed E-state index contributed by atoms with van der Waals surface area (Å²) in [4.78, 5) is 34.1. The van der Waals surface area contributed by atoms with E-state index in [4.69, 9.17) is 0 Å². The van der Waals surface area contributed by atoms with Gasteiger partial charge in [-0.2, -0.15) is 26.3 Å². The van der Waals surface area contributed by atoms with Gasteiger partial charge in [-0.25, -0.2) is 28.7 Å². The van der Waals surface area contributed by atoms with E-state index < -0.39 is 37.8 Å². The average molecular weight is 562 g/mol. The van der Waals surface area contributed by atoms with Crippen LogP contribution in [0.5, 0.6) is 0 Å². The smallest absolute Gasteiger partial charge is 0.422 e. The molecule has 0 N–H and O–H groups in total. The minimum Gasteiger partial charge on any atom is -0.439 e. The molecule has 8 nitrogen and oxygen atoms in total. The SMILES string of the molecule is O=C(OCC(F)(F)F)n1c2ccc1cc1nc(cc3ccc(cc4nc(c2)C=C4)n3C(=O)OCC(F)(F)F)C=C1. The van der Waals surface area contributed by atoms with Gasteiger partial charge in [0.1, 0.15) is 0 Å². The lowest BCUT2D eigenvalue weighted by Crippen LogP contribution is -2.23. The van der Waals surface area contributed by atoms with Crippen molar-refractivity contribution < 1.29 is 45.4 Å². The number of hydrogen-bond donors (Lipinski definition) is 0. The number of carbonyl (C=O) groups is 2. The van der Waals surface area contributed by atoms with E-state index in [1.165, 1.54) is 48.5 Å². The highest BCUT2D eigenvalue weighted by atomic mass is 19.4. The first-order chi connectivity index (χ1) is 18.8. The molecule has 0 unspecified atom stereocenters. The lowest BCUT2D eigenvalue weighted by molar-refractivity contribution is -0.160. The third kappa shape index (κ3) is 6.06. The third-order valence-corrected chi connectivity index (χ3v) is 5.52. The van der Waals surface area contributed by atoms with Crippen molar-refractivity contribution in [1.29, 1.82) is 0 Å². The quantitative estimate of drug-likeness (QED) is 0.223. The molecule has 0 saturated heterocycles. The van der Waals surface area contributed by atoms with Gasteiger partial charge in [0, 0.05) is 0 Å². The Kier molecular flexibility index (Phi) is 6.69. The number of alkyl halides is 6. The summed E-state index contributed by atoms with van der Waals surface area (Å²) in [6.07, 6.45) is -5.82. The zero-order valence-electron chi connectivity index (χ0n) is 20.0. The van der Waals surface area contributed by atoms with Gasteiger partial charge in [0.25, 0.3) is 0 Å². The van der Waals surface area contributed by atoms with Crippen LogP contribution in [0.25, 0.3) is 46.4 Å². The van der Waals surface area contributed by atoms with E-state index in [0.717, 1.165) is 9.13 Å². The fourth-order valence-electron chi connectivity index (χ4n) is 3.94. The zero-order chi connectivity index (χ0) is 28.7. The Labute approximate surface area is 220 Å². The number of hydrogen-bond acceptors (Lipinski definition) is 6. The van der Waals surface area contributed by atoms with E-state index in [9.17, 15) is 35.9 Å². The largest absolute Gasteiger partial charge is 0.439 e. The number of fused-ring (bicyclic) bond motifs is 8. The Morgan fingerprint density at radius 3 is 1.10 bits per heavy atom. The molecule has 0 spiro atoms. The topological polar surface area (TPSA) is 88.2 Å². The first kappa shape index (κ1) is 26.7. The van der Waals surface area contributed by atoms with Gasteiger partial charge in [-0.3, -0.25) is 0 Å². The fraction of sp³-hybridized carbons (Fsp3) is 0.154. The van der Waals surface area contributed by atoms with Gasteiger partial charge in [0.05, 0.1) is 44.8 Å². The van der Waals surface area contributed by atoms with Crippen molar-refractivity contribution in [2.75, 3.05) is 13.2 Å². The second kappa shape index (κ2) is 10.0. The molecule has 0 radical (unpaired) electrons. The van der Waals surface area contributed by atoms with E-state index >= 15 is 0 Å². The van der Waals surface area contributed by atoms with Crippen LogP contribution in [-0.4, -0.2) is 56.9 Å². The van der Waals surface area contributed by atoms with Crippen molar-refractivity contribution in [3.05, 3.63) is 71.3 Å². The highest BCUT2D eigenvalue weighted by molar-refractivity contribution is 5.89. The van der Waals surface area contributed by atoms with Gasteiger partial charge in [-0.1, -0.05) is 0 Å². The summed E-state index contributed by atoms with van der Waals surface area (Å²) >= 11 is 0. The van der Waals surface area contributed by atoms with E-state index in [1.807, 2.05) is 0 Å². The summed E-state index contributed by atoms with van der Waals surface area (Å²) in [7, 11) is 0. The molecule has 0 atom stereocenters. The van der Waals surface area contributed by atoms with Crippen molar-refractivity contribution in [3.8, 4) is 0 Å². The van der Waals surface area contributed by atoms with Crippen LogP contribution in [0.2, 0.25) is 0 Å². The number of aromatic nitrogens is 4. The van der Waals surface area contributed by atoms with Gasteiger partial charge >= 0.3 is 24.5 Å². The number of carbonyl (C=O) groups excluding carboxylic acids is 2. The molecular weight excluding hydrogens is 546 g/mol. The second-order valence-corrected chi connectivity index (χ2v) is 8.54. The highest BCUT2D eigenvalue weighted by Crippen LogP contribution is 2.23. The first-order valence-corrected chi connectivity index (χ1v) is 11.4. The lowest BCUT2D eigenvalue weighted by atomic mass is 10.3. The zero-order valence-corrected chi connectivity index (χ0v) is 20.0. The minimum atomic E-state index is -4.73. The maximum atomic E-state index is 12.7. The Morgan fingerprint density at radius 2 is 0.850 bits per heavy atom. The summed E-state index contributed by atoms with van der Waals surface area (Å²) in [6.45, 7) is -3.56. The van der Waals surface area contributed by atoms with E-state index in [0.29, 0.717) is 22.8 Å². The van der Waals surface area contributed by atoms with Crippen LogP contribution < -0.4 is 0 Å². The molecule has 3 aromatic rings. The molecule has 2 aliphatic heterocycles. The van der Waals surface area contributed by atoms with Crippen LogP contribution in [0.4, 0.5) is 35.9 Å². The summed E-state index contributed by atoms with van der Waals surface area (Å²) in [5.41, 5.74) is 1.84. The van der Waals surface area contributed by atoms with Gasteiger partial charge in [-0.15, -0.1) is 0 Å². The molecule has 0 fully saturated rings. The molecule has 5 rings (SSSR count). The Balaban J connectivity index is 1.71. The third-order valence-electron chi connectivity index (χ3n) is 5.52. The van der Waals surface area contributed by atoms with Crippen LogP contribution in [0.1, 0.15) is 22.8 Å². The van der Waals surface area contributed by atoms with Crippen molar-refractivity contribution in [3.63, 3.8) is 0 Å². The monoisotopic (exact) mass is 562 g/mol. The number of ether oxygens (including phenoxy) is 2. The van der Waals surface area contributed by atoms with Crippen LogP contribution in [-0.2, 0) is 9.47 Å². The minimum absolute atomic E-state index is 0.162. The highest BCUT2D eigenvalue weighted by Gasteiger charge is 2.31. The lowest BCUT2D eigenvalue weighted by Gasteiger charge is -2.09. The molecule has 0 saturated carbocycles. The molecule has 206 valence electrons. The summed E-state index contributed by atoms with van der Waals surface area (Å²) in [5.74, 6) is 0. The standard InChI is InChI=1S/C26H16F6N4O4/c27-25(28,29)13-39-23(37)35-19-5-6-21(35)11-17-3-4-18(34-17)12-22-8-7-20(10-16-2-1-15(9-19)33-16)36(22)24(38)40-14-26(30,31)32/h1-12H,13-14H2. The van der Waals surface area contributed by atoms with Gasteiger partial charge in [0.15, 0.2) is 13.2 Å². The maximum absolute atomic E-state index is 12.7. The summed E-state index contributed by atoms with van der Waals surface area (Å²) in [6, 6.07) is 11.6. The molecule has 3 aromatic heterocycles. The Bertz CT molecular complexity index is 1520. The van der Waals surface area contributed by atoms with Crippen LogP contribution in [0.3, 0.4) is 0 Å². The molecule has 14 heteroatoms. The van der Waals surface area contributed by atoms with Crippen LogP contribution in [0, 0.1) is 0 Å². The van der Waals surface area contributed by atoms with E-state index in [2.05, 4.69) is 19.4 Å². The second-order valence-electron chi connectivity index (χ2n) is 8.54. The molecule has 0 amide bonds. The van der Waals surface area contributed by atoms with E-state index in [1.54, 1.807) is 24.3 Å². The maximum Gasteiger partial charge on any atom is 0.422 e. The molecule has 2 aliphatic rings. The van der Waals surface area contributed by atoms with E-state index in [-0.39, 0.29) is 22.1 Å². The number of halogens is 6. The average Bonchev–Trinajstić information content (AvgIpc) is 3.65. The number of rotatable bonds is 2. The van der Waals surface area contributed by atoms with Gasteiger partial charge < -0.3 is 9.47 Å². The van der Waals surface area contributed by atoms with Gasteiger partial charge in [0.2, 0.25) is 0 Å². The molecule has 5 heterocycles. The first-order valence-electron chi connectivity index (χ1n) is 11.4. The normalized spacial score (nSPS) is 12.9. The van der Waals surface area contributed by atoms with Crippen molar-refractivity contribution in [2.45, 2.75) is 12.4 Å². The van der Waals surface area contributed by atoms with Crippen molar-refractivity contribution in [2.24, 2.45) is 0 Å². The summed E-state index contributed by atoms with van der Waals surface area (Å²) in [5, 5.41) is 0. The molecule has 0 aromatic carbocycles. The predicted octanol–water partition coefficient (Wildman–Crippen LogP) is 6.70. The Morgan fingerprint density at radius 1 is 0.575 bits per heavy atom. The molecule has 0 aliphatic carbocycles. The number of nitrogens with zero attached hydrogens (tertiary/aromatic N) is 4. The summed E-state index contributed by atoms with van der Waals surface area (Å²) < 4.78 is 87.0. The molecular formula is C26H16F6N4O4. The predicted molar refractivity (Wildman–Crippen MR) is 132 cm³/mol. The van der Waals surface area contributed by atoms with Crippen molar-refractivity contribution in [1.82, 2.24) is 19.1 Å². The van der Waals surface area contributed by atoms with Crippen LogP contribution >= 0.6 is 0 Å². The Hall–Kier alpha value is -4.88. The molecule has 40 heavy (non-hydrogen) atoms. The fourth-order valence-corrected chi connectivity index (χ4v) is 3.94.